The molecule has 152 valence electrons. The third-order valence-corrected chi connectivity index (χ3v) is 6.01. The van der Waals surface area contributed by atoms with Crippen LogP contribution >= 0.6 is 22.6 Å². The van der Waals surface area contributed by atoms with Gasteiger partial charge in [-0.3, -0.25) is 4.79 Å². The molecular weight excluding hydrogens is 493 g/mol. The first-order chi connectivity index (χ1) is 14.5. The number of hydrogen-bond donors (Lipinski definition) is 2. The van der Waals surface area contributed by atoms with Crippen molar-refractivity contribution in [2.75, 3.05) is 6.61 Å². The molecule has 4 rings (SSSR count). The van der Waals surface area contributed by atoms with Crippen molar-refractivity contribution in [3.05, 3.63) is 93.1 Å². The van der Waals surface area contributed by atoms with Crippen molar-refractivity contribution in [2.24, 2.45) is 0 Å². The second-order valence-electron chi connectivity index (χ2n) is 7.17. The van der Waals surface area contributed by atoms with E-state index >= 15 is 0 Å². The molecule has 3 aromatic carbocycles. The molecular formula is C24H20INO4. The molecule has 0 fully saturated rings. The molecule has 3 aromatic rings. The average Bonchev–Trinajstić information content (AvgIpc) is 3.06. The van der Waals surface area contributed by atoms with Gasteiger partial charge in [0.2, 0.25) is 0 Å². The van der Waals surface area contributed by atoms with Crippen LogP contribution in [-0.4, -0.2) is 23.8 Å². The van der Waals surface area contributed by atoms with Gasteiger partial charge in [-0.15, -0.1) is 0 Å². The highest BCUT2D eigenvalue weighted by Gasteiger charge is 2.29. The van der Waals surface area contributed by atoms with Gasteiger partial charge in [-0.2, -0.15) is 0 Å². The number of carbonyl (C=O) groups is 2. The number of fused-ring (bicyclic) bond motifs is 3. The van der Waals surface area contributed by atoms with Gasteiger partial charge in [-0.05, 0) is 62.5 Å². The summed E-state index contributed by atoms with van der Waals surface area (Å²) in [4.78, 5) is 23.8. The van der Waals surface area contributed by atoms with Crippen LogP contribution in [-0.2, 0) is 9.53 Å². The van der Waals surface area contributed by atoms with Crippen LogP contribution < -0.4 is 5.32 Å². The fourth-order valence-electron chi connectivity index (χ4n) is 3.90. The van der Waals surface area contributed by atoms with Crippen LogP contribution in [0.15, 0.2) is 72.8 Å². The Morgan fingerprint density at radius 1 is 0.933 bits per heavy atom. The molecule has 0 unspecified atom stereocenters. The zero-order chi connectivity index (χ0) is 21.1. The lowest BCUT2D eigenvalue weighted by atomic mass is 9.98. The molecule has 0 saturated heterocycles. The van der Waals surface area contributed by atoms with E-state index < -0.39 is 18.1 Å². The molecule has 1 atom stereocenters. The van der Waals surface area contributed by atoms with Gasteiger partial charge in [0.25, 0.3) is 0 Å². The van der Waals surface area contributed by atoms with Crippen molar-refractivity contribution in [1.29, 1.82) is 0 Å². The molecule has 2 N–H and O–H groups in total. The van der Waals surface area contributed by atoms with Gasteiger partial charge in [0, 0.05) is 9.49 Å². The minimum absolute atomic E-state index is 0.0422. The van der Waals surface area contributed by atoms with Gasteiger partial charge in [0.15, 0.2) is 0 Å². The highest BCUT2D eigenvalue weighted by molar-refractivity contribution is 14.1. The number of hydrogen-bond acceptors (Lipinski definition) is 3. The lowest BCUT2D eigenvalue weighted by Crippen LogP contribution is -2.31. The third kappa shape index (κ3) is 4.33. The fraction of sp³-hybridized carbons (Fsp3) is 0.167. The van der Waals surface area contributed by atoms with Crippen molar-refractivity contribution in [3.63, 3.8) is 0 Å². The minimum atomic E-state index is -0.988. The first-order valence-electron chi connectivity index (χ1n) is 9.61. The van der Waals surface area contributed by atoms with E-state index in [0.29, 0.717) is 0 Å². The highest BCUT2D eigenvalue weighted by atomic mass is 127. The molecule has 0 aromatic heterocycles. The molecule has 0 spiro atoms. The summed E-state index contributed by atoms with van der Waals surface area (Å²) in [5, 5.41) is 12.0. The van der Waals surface area contributed by atoms with Crippen LogP contribution in [0.1, 0.15) is 35.1 Å². The number of rotatable bonds is 6. The number of ether oxygens (including phenoxy) is 1. The molecule has 6 heteroatoms. The van der Waals surface area contributed by atoms with Gasteiger partial charge in [-0.25, -0.2) is 4.79 Å². The second-order valence-corrected chi connectivity index (χ2v) is 8.42. The maximum absolute atomic E-state index is 12.5. The summed E-state index contributed by atoms with van der Waals surface area (Å²) >= 11 is 2.18. The SMILES string of the molecule is O=C(O)C[C@H](NC(=O)OCC1c2ccccc2-c2ccccc21)c1ccc(I)cc1. The number of aliphatic carboxylic acids is 1. The van der Waals surface area contributed by atoms with Crippen LogP contribution in [0.5, 0.6) is 0 Å². The normalized spacial score (nSPS) is 13.2. The van der Waals surface area contributed by atoms with Crippen LogP contribution in [0.25, 0.3) is 11.1 Å². The maximum atomic E-state index is 12.5. The summed E-state index contributed by atoms with van der Waals surface area (Å²) < 4.78 is 6.59. The number of nitrogens with one attached hydrogen (secondary N) is 1. The predicted octanol–water partition coefficient (Wildman–Crippen LogP) is 5.35. The zero-order valence-corrected chi connectivity index (χ0v) is 18.2. The topological polar surface area (TPSA) is 75.6 Å². The van der Waals surface area contributed by atoms with E-state index in [1.165, 1.54) is 0 Å². The Morgan fingerprint density at radius 3 is 2.07 bits per heavy atom. The summed E-state index contributed by atoms with van der Waals surface area (Å²) in [5.41, 5.74) is 5.30. The summed E-state index contributed by atoms with van der Waals surface area (Å²) in [5.74, 6) is -1.03. The average molecular weight is 513 g/mol. The smallest absolute Gasteiger partial charge is 0.407 e. The van der Waals surface area contributed by atoms with Gasteiger partial charge in [-0.1, -0.05) is 60.7 Å². The standard InChI is InChI=1S/C24H20INO4/c25-16-11-9-15(10-12-16)22(13-23(27)28)26-24(29)30-14-21-19-7-3-1-5-17(19)18-6-2-4-8-20(18)21/h1-12,21-22H,13-14H2,(H,26,29)(H,27,28)/t22-/m0/s1. The van der Waals surface area contributed by atoms with Crippen molar-refractivity contribution >= 4 is 34.7 Å². The summed E-state index contributed by atoms with van der Waals surface area (Å²) in [6.07, 6.45) is -0.841. The van der Waals surface area contributed by atoms with Crippen molar-refractivity contribution in [2.45, 2.75) is 18.4 Å². The van der Waals surface area contributed by atoms with E-state index in [4.69, 9.17) is 4.74 Å². The molecule has 1 amide bonds. The summed E-state index contributed by atoms with van der Waals surface area (Å²) in [6.45, 7) is 0.187. The number of alkyl carbamates (subject to hydrolysis) is 1. The van der Waals surface area contributed by atoms with Crippen LogP contribution in [0.4, 0.5) is 4.79 Å². The Kier molecular flexibility index (Phi) is 6.03. The molecule has 30 heavy (non-hydrogen) atoms. The lowest BCUT2D eigenvalue weighted by molar-refractivity contribution is -0.137. The number of carboxylic acid groups (broad SMARTS) is 1. The summed E-state index contributed by atoms with van der Waals surface area (Å²) in [6, 6.07) is 23.0. The lowest BCUT2D eigenvalue weighted by Gasteiger charge is -2.19. The molecule has 1 aliphatic carbocycles. The molecule has 1 aliphatic rings. The predicted molar refractivity (Wildman–Crippen MR) is 122 cm³/mol. The van der Waals surface area contributed by atoms with Crippen LogP contribution in [0, 0.1) is 3.57 Å². The Morgan fingerprint density at radius 2 is 1.50 bits per heavy atom. The minimum Gasteiger partial charge on any atom is -0.481 e. The van der Waals surface area contributed by atoms with E-state index in [9.17, 15) is 14.7 Å². The Labute approximate surface area is 188 Å². The van der Waals surface area contributed by atoms with Gasteiger partial charge in [0.05, 0.1) is 12.5 Å². The highest BCUT2D eigenvalue weighted by Crippen LogP contribution is 2.44. The number of amides is 1. The molecule has 0 aliphatic heterocycles. The monoisotopic (exact) mass is 513 g/mol. The van der Waals surface area contributed by atoms with E-state index in [0.717, 1.165) is 31.4 Å². The van der Waals surface area contributed by atoms with E-state index in [-0.39, 0.29) is 18.9 Å². The van der Waals surface area contributed by atoms with Crippen molar-refractivity contribution in [1.82, 2.24) is 5.32 Å². The quantitative estimate of drug-likeness (QED) is 0.436. The van der Waals surface area contributed by atoms with E-state index in [1.54, 1.807) is 0 Å². The first kappa shape index (κ1) is 20.4. The number of carbonyl (C=O) groups excluding carboxylic acids is 1. The molecule has 0 saturated carbocycles. The Balaban J connectivity index is 1.47. The van der Waals surface area contributed by atoms with Crippen molar-refractivity contribution in [3.8, 4) is 11.1 Å². The fourth-order valence-corrected chi connectivity index (χ4v) is 4.26. The Bertz CT molecular complexity index is 1040. The zero-order valence-electron chi connectivity index (χ0n) is 16.0. The molecule has 0 bridgehead atoms. The van der Waals surface area contributed by atoms with Crippen molar-refractivity contribution < 1.29 is 19.4 Å². The molecule has 5 nitrogen and oxygen atoms in total. The second kappa shape index (κ2) is 8.87. The molecule has 0 heterocycles. The van der Waals surface area contributed by atoms with Gasteiger partial charge >= 0.3 is 12.1 Å². The third-order valence-electron chi connectivity index (χ3n) is 5.29. The van der Waals surface area contributed by atoms with Gasteiger partial charge in [0.1, 0.15) is 6.61 Å². The van der Waals surface area contributed by atoms with E-state index in [1.807, 2.05) is 48.5 Å². The first-order valence-corrected chi connectivity index (χ1v) is 10.7. The van der Waals surface area contributed by atoms with Crippen LogP contribution in [0.2, 0.25) is 0 Å². The van der Waals surface area contributed by atoms with Gasteiger partial charge < -0.3 is 15.2 Å². The Hall–Kier alpha value is -2.87. The number of carboxylic acids is 1. The summed E-state index contributed by atoms with van der Waals surface area (Å²) in [7, 11) is 0. The maximum Gasteiger partial charge on any atom is 0.407 e. The number of benzene rings is 3. The van der Waals surface area contributed by atoms with E-state index in [2.05, 4.69) is 52.2 Å². The van der Waals surface area contributed by atoms with Crippen LogP contribution in [0.3, 0.4) is 0 Å². The largest absolute Gasteiger partial charge is 0.481 e. The molecule has 0 radical (unpaired) electrons. The number of halogens is 1.